The molecule has 0 aliphatic rings. The first-order valence-electron chi connectivity index (χ1n) is 5.46. The Morgan fingerprint density at radius 1 is 1.24 bits per heavy atom. The monoisotopic (exact) mass is 328 g/mol. The molecule has 0 N–H and O–H groups in total. The molecule has 90 valence electrons. The van der Waals surface area contributed by atoms with Crippen LogP contribution in [0.5, 0.6) is 0 Å². The van der Waals surface area contributed by atoms with Crippen LogP contribution in [0.25, 0.3) is 0 Å². The summed E-state index contributed by atoms with van der Waals surface area (Å²) in [6.45, 7) is 6.36. The van der Waals surface area contributed by atoms with Crippen molar-refractivity contribution >= 4 is 38.9 Å². The normalized spacial score (nSPS) is 12.8. The Kier molecular flexibility index (Phi) is 3.96. The Labute approximate surface area is 120 Å². The highest BCUT2D eigenvalue weighted by Crippen LogP contribution is 2.40. The van der Waals surface area contributed by atoms with Gasteiger partial charge in [0.1, 0.15) is 0 Å². The van der Waals surface area contributed by atoms with E-state index in [9.17, 15) is 0 Å². The van der Waals surface area contributed by atoms with E-state index in [0.29, 0.717) is 0 Å². The molecular weight excluding hydrogens is 316 g/mol. The van der Waals surface area contributed by atoms with Gasteiger partial charge < -0.3 is 0 Å². The average Bonchev–Trinajstić information content (AvgIpc) is 2.61. The molecule has 0 aliphatic carbocycles. The average molecular weight is 330 g/mol. The largest absolute Gasteiger partial charge is 0.143 e. The van der Waals surface area contributed by atoms with Crippen LogP contribution in [0.15, 0.2) is 28.7 Å². The van der Waals surface area contributed by atoms with Crippen molar-refractivity contribution in [1.82, 2.24) is 0 Å². The zero-order valence-electron chi connectivity index (χ0n) is 10.1. The Balaban J connectivity index is 2.47. The van der Waals surface area contributed by atoms with E-state index in [1.165, 1.54) is 26.4 Å². The van der Waals surface area contributed by atoms with Crippen molar-refractivity contribution < 1.29 is 0 Å². The number of rotatable bonds is 2. The predicted octanol–water partition coefficient (Wildman–Crippen LogP) is 5.76. The van der Waals surface area contributed by atoms with Crippen molar-refractivity contribution in [1.29, 1.82) is 0 Å². The predicted molar refractivity (Wildman–Crippen MR) is 80.4 cm³/mol. The van der Waals surface area contributed by atoms with Crippen molar-refractivity contribution in [3.05, 3.63) is 55.2 Å². The van der Waals surface area contributed by atoms with E-state index < -0.39 is 0 Å². The second-order valence-corrected chi connectivity index (χ2v) is 6.80. The van der Waals surface area contributed by atoms with E-state index in [0.717, 1.165) is 4.47 Å². The van der Waals surface area contributed by atoms with Crippen LogP contribution in [0.4, 0.5) is 0 Å². The van der Waals surface area contributed by atoms with Gasteiger partial charge in [0.25, 0.3) is 0 Å². The van der Waals surface area contributed by atoms with Gasteiger partial charge in [-0.2, -0.15) is 0 Å². The topological polar surface area (TPSA) is 0 Å². The second-order valence-electron chi connectivity index (χ2n) is 4.22. The molecule has 1 atom stereocenters. The maximum absolute atomic E-state index is 6.61. The number of alkyl halides is 1. The SMILES string of the molecule is Cc1cc(Br)c(C(Cl)c2cccc(C)c2C)s1. The smallest absolute Gasteiger partial charge is 0.0941 e. The summed E-state index contributed by atoms with van der Waals surface area (Å²) in [7, 11) is 0. The first kappa shape index (κ1) is 13.1. The van der Waals surface area contributed by atoms with Gasteiger partial charge >= 0.3 is 0 Å². The third-order valence-electron chi connectivity index (χ3n) is 2.99. The molecule has 0 saturated heterocycles. The van der Waals surface area contributed by atoms with Crippen LogP contribution in [0.3, 0.4) is 0 Å². The molecule has 17 heavy (non-hydrogen) atoms. The maximum Gasteiger partial charge on any atom is 0.0941 e. The van der Waals surface area contributed by atoms with Crippen LogP contribution >= 0.6 is 38.9 Å². The molecule has 1 unspecified atom stereocenters. The lowest BCUT2D eigenvalue weighted by molar-refractivity contribution is 1.12. The molecule has 0 nitrogen and oxygen atoms in total. The first-order chi connectivity index (χ1) is 8.00. The molecule has 1 aromatic heterocycles. The number of thiophene rings is 1. The van der Waals surface area contributed by atoms with E-state index in [4.69, 9.17) is 11.6 Å². The van der Waals surface area contributed by atoms with E-state index in [2.05, 4.69) is 61.0 Å². The van der Waals surface area contributed by atoms with Gasteiger partial charge in [0.15, 0.2) is 0 Å². The fourth-order valence-electron chi connectivity index (χ4n) is 1.86. The van der Waals surface area contributed by atoms with Crippen molar-refractivity contribution in [2.45, 2.75) is 26.1 Å². The van der Waals surface area contributed by atoms with E-state index in [1.807, 2.05) is 0 Å². The van der Waals surface area contributed by atoms with Crippen molar-refractivity contribution in [2.24, 2.45) is 0 Å². The molecule has 0 fully saturated rings. The van der Waals surface area contributed by atoms with Crippen LogP contribution in [0, 0.1) is 20.8 Å². The second kappa shape index (κ2) is 5.13. The summed E-state index contributed by atoms with van der Waals surface area (Å²) in [6, 6.07) is 8.43. The summed E-state index contributed by atoms with van der Waals surface area (Å²) in [6.07, 6.45) is 0. The Morgan fingerprint density at radius 3 is 2.53 bits per heavy atom. The van der Waals surface area contributed by atoms with Crippen LogP contribution in [0.2, 0.25) is 0 Å². The first-order valence-corrected chi connectivity index (χ1v) is 7.51. The quantitative estimate of drug-likeness (QED) is 0.614. The number of aryl methyl sites for hydroxylation is 2. The molecule has 3 heteroatoms. The highest BCUT2D eigenvalue weighted by molar-refractivity contribution is 9.10. The summed E-state index contributed by atoms with van der Waals surface area (Å²) >= 11 is 11.9. The molecule has 2 rings (SSSR count). The molecule has 0 aliphatic heterocycles. The van der Waals surface area contributed by atoms with Crippen molar-refractivity contribution in [2.75, 3.05) is 0 Å². The van der Waals surface area contributed by atoms with Crippen LogP contribution < -0.4 is 0 Å². The van der Waals surface area contributed by atoms with E-state index in [1.54, 1.807) is 11.3 Å². The van der Waals surface area contributed by atoms with Gasteiger partial charge in [0, 0.05) is 14.2 Å². The minimum absolute atomic E-state index is 0.0667. The van der Waals surface area contributed by atoms with E-state index >= 15 is 0 Å². The lowest BCUT2D eigenvalue weighted by atomic mass is 10.0. The summed E-state index contributed by atoms with van der Waals surface area (Å²) < 4.78 is 1.11. The molecule has 0 spiro atoms. The van der Waals surface area contributed by atoms with Crippen LogP contribution in [-0.4, -0.2) is 0 Å². The summed E-state index contributed by atoms with van der Waals surface area (Å²) in [5.74, 6) is 0. The zero-order valence-corrected chi connectivity index (χ0v) is 13.2. The van der Waals surface area contributed by atoms with Crippen molar-refractivity contribution in [3.63, 3.8) is 0 Å². The standard InChI is InChI=1S/C14H14BrClS/c1-8-5-4-6-11(10(8)3)13(16)14-12(15)7-9(2)17-14/h4-7,13H,1-3H3. The minimum atomic E-state index is -0.0667. The lowest BCUT2D eigenvalue weighted by Crippen LogP contribution is -1.96. The third kappa shape index (κ3) is 2.59. The maximum atomic E-state index is 6.61. The van der Waals surface area contributed by atoms with Gasteiger partial charge in [-0.05, 0) is 59.5 Å². The molecular formula is C14H14BrClS. The molecule has 0 saturated carbocycles. The molecule has 0 amide bonds. The van der Waals surface area contributed by atoms with Crippen LogP contribution in [-0.2, 0) is 0 Å². The number of benzene rings is 1. The number of hydrogen-bond acceptors (Lipinski definition) is 1. The third-order valence-corrected chi connectivity index (χ3v) is 5.60. The summed E-state index contributed by atoms with van der Waals surface area (Å²) in [5, 5.41) is -0.0667. The van der Waals surface area contributed by atoms with Gasteiger partial charge in [0.2, 0.25) is 0 Å². The fourth-order valence-corrected chi connectivity index (χ4v) is 4.36. The molecule has 0 radical (unpaired) electrons. The lowest BCUT2D eigenvalue weighted by Gasteiger charge is -2.13. The zero-order chi connectivity index (χ0) is 12.6. The summed E-state index contributed by atoms with van der Waals surface area (Å²) in [5.41, 5.74) is 3.78. The Bertz CT molecular complexity index is 545. The van der Waals surface area contributed by atoms with Gasteiger partial charge in [-0.1, -0.05) is 18.2 Å². The van der Waals surface area contributed by atoms with E-state index in [-0.39, 0.29) is 5.38 Å². The van der Waals surface area contributed by atoms with Gasteiger partial charge in [-0.15, -0.1) is 22.9 Å². The Hall–Kier alpha value is -0.310. The number of hydrogen-bond donors (Lipinski definition) is 0. The minimum Gasteiger partial charge on any atom is -0.143 e. The van der Waals surface area contributed by atoms with Gasteiger partial charge in [-0.25, -0.2) is 0 Å². The number of halogens is 2. The highest BCUT2D eigenvalue weighted by Gasteiger charge is 2.18. The molecule has 1 heterocycles. The summed E-state index contributed by atoms with van der Waals surface area (Å²) in [4.78, 5) is 2.47. The highest BCUT2D eigenvalue weighted by atomic mass is 79.9. The van der Waals surface area contributed by atoms with Crippen molar-refractivity contribution in [3.8, 4) is 0 Å². The Morgan fingerprint density at radius 2 is 1.94 bits per heavy atom. The van der Waals surface area contributed by atoms with Gasteiger partial charge in [-0.3, -0.25) is 0 Å². The van der Waals surface area contributed by atoms with Gasteiger partial charge in [0.05, 0.1) is 5.38 Å². The fraction of sp³-hybridized carbons (Fsp3) is 0.286. The molecule has 1 aromatic carbocycles. The van der Waals surface area contributed by atoms with Crippen LogP contribution in [0.1, 0.15) is 31.8 Å². The molecule has 2 aromatic rings. The molecule has 0 bridgehead atoms.